The van der Waals surface area contributed by atoms with E-state index in [1.807, 2.05) is 40.7 Å². The van der Waals surface area contributed by atoms with E-state index < -0.39 is 29.3 Å². The molecule has 3 aliphatic rings. The van der Waals surface area contributed by atoms with Crippen molar-refractivity contribution in [3.8, 4) is 17.2 Å². The largest absolute Gasteiger partial charge is 0.493 e. The van der Waals surface area contributed by atoms with Crippen molar-refractivity contribution < 1.29 is 38.2 Å². The molecule has 11 nitrogen and oxygen atoms in total. The molecule has 44 heavy (non-hydrogen) atoms. The van der Waals surface area contributed by atoms with Crippen LogP contribution in [0.5, 0.6) is 17.2 Å². The monoisotopic (exact) mass is 617 g/mol. The van der Waals surface area contributed by atoms with Crippen molar-refractivity contribution in [2.24, 2.45) is 11.3 Å². The van der Waals surface area contributed by atoms with E-state index in [0.29, 0.717) is 56.4 Å². The Morgan fingerprint density at radius 1 is 1.16 bits per heavy atom. The molecule has 4 rings (SSSR count). The van der Waals surface area contributed by atoms with Gasteiger partial charge in [-0.1, -0.05) is 27.2 Å². The number of fused-ring (bicyclic) bond motifs is 1. The number of ether oxygens (including phenoxy) is 3. The number of rotatable bonds is 15. The minimum absolute atomic E-state index is 0.0243. The van der Waals surface area contributed by atoms with Crippen LogP contribution in [0.15, 0.2) is 12.1 Å². The number of carbonyl (C=O) groups excluding carboxylic acids is 2. The first-order chi connectivity index (χ1) is 20.8. The van der Waals surface area contributed by atoms with E-state index in [1.165, 1.54) is 0 Å². The second-order valence-electron chi connectivity index (χ2n) is 14.2. The van der Waals surface area contributed by atoms with Crippen molar-refractivity contribution in [3.63, 3.8) is 0 Å². The number of quaternary nitrogens is 1. The zero-order valence-electron chi connectivity index (χ0n) is 27.8. The maximum Gasteiger partial charge on any atom is 0.308 e. The fraction of sp³-hybridized carbons (Fsp3) is 0.727. The molecule has 2 amide bonds. The molecular weight excluding hydrogens is 564 g/mol. The molecule has 3 atom stereocenters. The number of carboxylic acid groups (broad SMARTS) is 1. The lowest BCUT2D eigenvalue weighted by Gasteiger charge is -2.31. The highest BCUT2D eigenvalue weighted by Crippen LogP contribution is 2.47. The third kappa shape index (κ3) is 7.77. The van der Waals surface area contributed by atoms with Crippen molar-refractivity contribution in [1.82, 2.24) is 14.7 Å². The number of unbranched alkanes of at least 4 members (excludes halogenated alkanes) is 1. The molecule has 0 aliphatic carbocycles. The summed E-state index contributed by atoms with van der Waals surface area (Å²) < 4.78 is 17.6. The standard InChI is InChI=1S/C33H52N4O7/c1-8-9-13-34(14-10-17-37(4,5)6)28(38)21-36-20-24(23-18-26(42-7)30-27(19-23)43-22-44-30)29(31(39)40)25(36)11-15-35-16-12-33(2,3)32(35)41/h18-19,24-25,29H,8-17,20-22H2,1-7H3/p+1/t24-,25+,29-/m1/s1. The van der Waals surface area contributed by atoms with Gasteiger partial charge in [-0.25, -0.2) is 0 Å². The average molecular weight is 618 g/mol. The number of aliphatic carboxylic acids is 1. The highest BCUT2D eigenvalue weighted by Gasteiger charge is 2.48. The number of hydrogen-bond acceptors (Lipinski definition) is 7. The summed E-state index contributed by atoms with van der Waals surface area (Å²) in [5, 5.41) is 10.6. The summed E-state index contributed by atoms with van der Waals surface area (Å²) >= 11 is 0. The Morgan fingerprint density at radius 2 is 1.89 bits per heavy atom. The normalized spacial score (nSPS) is 22.9. The van der Waals surface area contributed by atoms with Crippen LogP contribution in [0.2, 0.25) is 0 Å². The molecule has 1 N–H and O–H groups in total. The highest BCUT2D eigenvalue weighted by molar-refractivity contribution is 5.84. The molecule has 0 spiro atoms. The van der Waals surface area contributed by atoms with E-state index in [4.69, 9.17) is 14.2 Å². The zero-order valence-corrected chi connectivity index (χ0v) is 27.8. The quantitative estimate of drug-likeness (QED) is 0.299. The molecule has 11 heteroatoms. The number of nitrogens with zero attached hydrogens (tertiary/aromatic N) is 4. The van der Waals surface area contributed by atoms with Crippen LogP contribution < -0.4 is 14.2 Å². The Hall–Kier alpha value is -3.05. The minimum atomic E-state index is -0.912. The summed E-state index contributed by atoms with van der Waals surface area (Å²) in [6.45, 7) is 10.1. The summed E-state index contributed by atoms with van der Waals surface area (Å²) in [6, 6.07) is 3.26. The van der Waals surface area contributed by atoms with Crippen molar-refractivity contribution in [2.75, 3.05) is 80.9 Å². The average Bonchev–Trinajstić information content (AvgIpc) is 3.64. The molecular formula is C33H53N4O7+. The van der Waals surface area contributed by atoms with E-state index in [9.17, 15) is 19.5 Å². The second-order valence-corrected chi connectivity index (χ2v) is 14.2. The first-order valence-corrected chi connectivity index (χ1v) is 16.1. The smallest absolute Gasteiger partial charge is 0.308 e. The van der Waals surface area contributed by atoms with Gasteiger partial charge in [-0.2, -0.15) is 0 Å². The maximum absolute atomic E-state index is 13.9. The molecule has 2 fully saturated rings. The number of benzene rings is 1. The van der Waals surface area contributed by atoms with Gasteiger partial charge in [-0.15, -0.1) is 0 Å². The first kappa shape index (κ1) is 33.8. The number of likely N-dealkylation sites (tertiary alicyclic amines) is 2. The van der Waals surface area contributed by atoms with Gasteiger partial charge in [0.15, 0.2) is 11.5 Å². The lowest BCUT2D eigenvalue weighted by Crippen LogP contribution is -2.46. The highest BCUT2D eigenvalue weighted by atomic mass is 16.7. The summed E-state index contributed by atoms with van der Waals surface area (Å²) in [5.74, 6) is -0.421. The van der Waals surface area contributed by atoms with E-state index in [0.717, 1.165) is 42.3 Å². The predicted molar refractivity (Wildman–Crippen MR) is 167 cm³/mol. The Balaban J connectivity index is 1.61. The van der Waals surface area contributed by atoms with Gasteiger partial charge in [0.25, 0.3) is 0 Å². The van der Waals surface area contributed by atoms with Crippen LogP contribution in [-0.4, -0.2) is 129 Å². The van der Waals surface area contributed by atoms with Gasteiger partial charge >= 0.3 is 5.97 Å². The molecule has 0 unspecified atom stereocenters. The number of carboxylic acids is 1. The number of methoxy groups -OCH3 is 1. The van der Waals surface area contributed by atoms with Crippen LogP contribution in [0.3, 0.4) is 0 Å². The van der Waals surface area contributed by atoms with E-state index in [-0.39, 0.29) is 25.2 Å². The molecule has 0 radical (unpaired) electrons. The third-order valence-corrected chi connectivity index (χ3v) is 9.44. The summed E-state index contributed by atoms with van der Waals surface area (Å²) in [4.78, 5) is 45.8. The Morgan fingerprint density at radius 3 is 2.50 bits per heavy atom. The van der Waals surface area contributed by atoms with Crippen molar-refractivity contribution in [2.45, 2.75) is 64.8 Å². The Bertz CT molecular complexity index is 1200. The lowest BCUT2D eigenvalue weighted by molar-refractivity contribution is -0.870. The van der Waals surface area contributed by atoms with Crippen LogP contribution in [0.1, 0.15) is 64.4 Å². The van der Waals surface area contributed by atoms with E-state index in [1.54, 1.807) is 7.11 Å². The predicted octanol–water partition coefficient (Wildman–Crippen LogP) is 3.27. The molecule has 3 aliphatic heterocycles. The number of amides is 2. The molecule has 1 aromatic rings. The van der Waals surface area contributed by atoms with Gasteiger partial charge in [-0.05, 0) is 37.0 Å². The SMILES string of the molecule is CCCCN(CCC[N+](C)(C)C)C(=O)CN1C[C@H](c2cc(OC)c3c(c2)OCO3)[C@@H](C(=O)O)[C@@H]1CCN1CCC(C)(C)C1=O. The van der Waals surface area contributed by atoms with Crippen LogP contribution in [-0.2, 0) is 14.4 Å². The minimum Gasteiger partial charge on any atom is -0.493 e. The summed E-state index contributed by atoms with van der Waals surface area (Å²) in [5.41, 5.74) is 0.372. The molecule has 1 aromatic carbocycles. The van der Waals surface area contributed by atoms with Gasteiger partial charge in [0.2, 0.25) is 24.4 Å². The fourth-order valence-electron chi connectivity index (χ4n) is 6.83. The van der Waals surface area contributed by atoms with Crippen LogP contribution >= 0.6 is 0 Å². The zero-order chi connectivity index (χ0) is 32.2. The molecule has 0 bridgehead atoms. The van der Waals surface area contributed by atoms with Crippen molar-refractivity contribution >= 4 is 17.8 Å². The molecule has 0 saturated carbocycles. The first-order valence-electron chi connectivity index (χ1n) is 16.1. The van der Waals surface area contributed by atoms with Gasteiger partial charge < -0.3 is 33.6 Å². The van der Waals surface area contributed by atoms with Crippen molar-refractivity contribution in [3.05, 3.63) is 17.7 Å². The maximum atomic E-state index is 13.9. The second kappa shape index (κ2) is 13.9. The Labute approximate surface area is 262 Å². The fourth-order valence-corrected chi connectivity index (χ4v) is 6.83. The number of carbonyl (C=O) groups is 3. The van der Waals surface area contributed by atoms with Crippen LogP contribution in [0, 0.1) is 11.3 Å². The Kier molecular flexibility index (Phi) is 10.7. The molecule has 2 saturated heterocycles. The van der Waals surface area contributed by atoms with Crippen molar-refractivity contribution in [1.29, 1.82) is 0 Å². The van der Waals surface area contributed by atoms with Gasteiger partial charge in [-0.3, -0.25) is 19.3 Å². The van der Waals surface area contributed by atoms with E-state index >= 15 is 0 Å². The topological polar surface area (TPSA) is 109 Å². The third-order valence-electron chi connectivity index (χ3n) is 9.44. The number of hydrogen-bond donors (Lipinski definition) is 1. The van der Waals surface area contributed by atoms with E-state index in [2.05, 4.69) is 28.1 Å². The van der Waals surface area contributed by atoms with Gasteiger partial charge in [0, 0.05) is 56.5 Å². The molecule has 0 aromatic heterocycles. The van der Waals surface area contributed by atoms with Gasteiger partial charge in [0.05, 0.1) is 47.3 Å². The lowest BCUT2D eigenvalue weighted by atomic mass is 9.84. The molecule has 3 heterocycles. The van der Waals surface area contributed by atoms with Crippen LogP contribution in [0.4, 0.5) is 0 Å². The van der Waals surface area contributed by atoms with Crippen LogP contribution in [0.25, 0.3) is 0 Å². The summed E-state index contributed by atoms with van der Waals surface area (Å²) in [6.07, 6.45) is 4.05. The molecule has 246 valence electrons. The van der Waals surface area contributed by atoms with Gasteiger partial charge in [0.1, 0.15) is 0 Å². The summed E-state index contributed by atoms with van der Waals surface area (Å²) in [7, 11) is 8.00.